The molecular weight excluding hydrogens is 831 g/mol. The Balaban J connectivity index is 1.17. The summed E-state index contributed by atoms with van der Waals surface area (Å²) in [5.41, 5.74) is -0.196. The van der Waals surface area contributed by atoms with Gasteiger partial charge < -0.3 is 29.7 Å². The van der Waals surface area contributed by atoms with Crippen molar-refractivity contribution in [2.75, 3.05) is 20.3 Å². The molecule has 4 saturated carbocycles. The Morgan fingerprint density at radius 1 is 1.02 bits per heavy atom. The molecule has 14 nitrogen and oxygen atoms in total. The molecule has 2 aromatic rings. The van der Waals surface area contributed by atoms with Crippen molar-refractivity contribution in [3.05, 3.63) is 36.4 Å². The van der Waals surface area contributed by atoms with Crippen molar-refractivity contribution in [1.82, 2.24) is 25.2 Å². The number of ether oxygens (including phenoxy) is 3. The highest BCUT2D eigenvalue weighted by molar-refractivity contribution is 7.99. The number of methoxy groups -OCH3 is 1. The summed E-state index contributed by atoms with van der Waals surface area (Å²) in [6, 6.07) is 3.96. The average molecular weight is 894 g/mol. The molecule has 1 aromatic carbocycles. The first-order chi connectivity index (χ1) is 29.7. The van der Waals surface area contributed by atoms with E-state index in [0.717, 1.165) is 85.0 Å². The number of aromatic nitrogens is 1. The van der Waals surface area contributed by atoms with Crippen molar-refractivity contribution >= 4 is 56.5 Å². The van der Waals surface area contributed by atoms with Gasteiger partial charge in [0.25, 0.3) is 5.91 Å². The Labute approximate surface area is 369 Å². The van der Waals surface area contributed by atoms with Crippen LogP contribution in [0.5, 0.6) is 11.5 Å². The van der Waals surface area contributed by atoms with Crippen LogP contribution < -0.4 is 24.8 Å². The third kappa shape index (κ3) is 9.85. The Morgan fingerprint density at radius 2 is 1.74 bits per heavy atom. The van der Waals surface area contributed by atoms with Crippen LogP contribution in [0.15, 0.2) is 35.9 Å². The number of rotatable bonds is 10. The number of nitrogens with one attached hydrogen (secondary N) is 3. The second-order valence-electron chi connectivity index (χ2n) is 19.3. The summed E-state index contributed by atoms with van der Waals surface area (Å²) in [7, 11) is -2.25. The Kier molecular flexibility index (Phi) is 13.1. The molecule has 62 heavy (non-hydrogen) atoms. The van der Waals surface area contributed by atoms with Crippen LogP contribution in [0, 0.1) is 17.3 Å². The van der Waals surface area contributed by atoms with Gasteiger partial charge in [-0.2, -0.15) is 0 Å². The van der Waals surface area contributed by atoms with Crippen LogP contribution >= 0.6 is 11.8 Å². The van der Waals surface area contributed by atoms with Crippen molar-refractivity contribution in [3.63, 3.8) is 0 Å². The Hall–Kier alpha value is -4.05. The molecule has 4 bridgehead atoms. The van der Waals surface area contributed by atoms with E-state index < -0.39 is 68.7 Å². The van der Waals surface area contributed by atoms with Crippen LogP contribution in [0.3, 0.4) is 0 Å². The fourth-order valence-electron chi connectivity index (χ4n) is 10.0. The molecule has 4 aliphatic carbocycles. The minimum absolute atomic E-state index is 0.0297. The number of benzene rings is 1. The molecule has 1 aromatic heterocycles. The van der Waals surface area contributed by atoms with E-state index in [9.17, 15) is 22.8 Å². The van der Waals surface area contributed by atoms with Gasteiger partial charge in [0.2, 0.25) is 21.8 Å². The molecule has 4 amide bonds. The Morgan fingerprint density at radius 3 is 2.42 bits per heavy atom. The van der Waals surface area contributed by atoms with E-state index in [1.54, 1.807) is 24.9 Å². The number of alkyl carbamates (subject to hydrolysis) is 1. The predicted octanol–water partition coefficient (Wildman–Crippen LogP) is 6.72. The van der Waals surface area contributed by atoms with Crippen LogP contribution in [-0.2, 0) is 35.6 Å². The predicted molar refractivity (Wildman–Crippen MR) is 236 cm³/mol. The van der Waals surface area contributed by atoms with Crippen LogP contribution in [-0.4, -0.2) is 96.6 Å². The largest absolute Gasteiger partial charge is 0.496 e. The molecule has 1 saturated heterocycles. The molecule has 5 fully saturated rings. The molecule has 338 valence electrons. The lowest BCUT2D eigenvalue weighted by atomic mass is 9.83. The number of carbonyl (C=O) groups is 4. The van der Waals surface area contributed by atoms with Crippen molar-refractivity contribution in [2.24, 2.45) is 17.3 Å². The zero-order chi connectivity index (χ0) is 43.8. The number of hydrogen-bond donors (Lipinski definition) is 3. The van der Waals surface area contributed by atoms with Gasteiger partial charge in [-0.1, -0.05) is 58.4 Å². The monoisotopic (exact) mass is 893 g/mol. The number of amides is 4. The lowest BCUT2D eigenvalue weighted by Crippen LogP contribution is -2.59. The molecule has 5 atom stereocenters. The van der Waals surface area contributed by atoms with E-state index in [4.69, 9.17) is 19.2 Å². The van der Waals surface area contributed by atoms with Crippen molar-refractivity contribution in [3.8, 4) is 11.5 Å². The van der Waals surface area contributed by atoms with Gasteiger partial charge in [-0.3, -0.25) is 19.1 Å². The molecule has 3 heterocycles. The number of sulfonamides is 1. The van der Waals surface area contributed by atoms with Crippen molar-refractivity contribution in [2.45, 2.75) is 162 Å². The van der Waals surface area contributed by atoms with Gasteiger partial charge in [-0.15, -0.1) is 18.3 Å². The molecule has 0 spiro atoms. The average Bonchev–Trinajstić information content (AvgIpc) is 4.19. The summed E-state index contributed by atoms with van der Waals surface area (Å²) in [5, 5.41) is 7.27. The van der Waals surface area contributed by atoms with Gasteiger partial charge in [0.15, 0.2) is 0 Å². The first-order valence-electron chi connectivity index (χ1n) is 22.8. The van der Waals surface area contributed by atoms with Crippen LogP contribution in [0.1, 0.15) is 122 Å². The van der Waals surface area contributed by atoms with Crippen LogP contribution in [0.25, 0.3) is 10.9 Å². The van der Waals surface area contributed by atoms with E-state index in [-0.39, 0.29) is 37.3 Å². The smallest absolute Gasteiger partial charge is 0.407 e. The quantitative estimate of drug-likeness (QED) is 0.215. The highest BCUT2D eigenvalue weighted by Gasteiger charge is 2.62. The SMILES string of the molecule is C=C[C@H]1CC1(NC(=O)[C@@H]1C[C@@H]2CN1C(=O)[C@H](C1CCCCC1)NC(=O)OCC(C)(C)CCCc1cc3c(cc(SC4CCCCC4)nc3cc1OC)O2)C(=O)NS(=O)(=O)C1CC1. The van der Waals surface area contributed by atoms with Gasteiger partial charge in [-0.05, 0) is 87.2 Å². The molecule has 6 aliphatic rings. The maximum absolute atomic E-state index is 15.1. The molecule has 1 unspecified atom stereocenters. The summed E-state index contributed by atoms with van der Waals surface area (Å²) >= 11 is 1.75. The number of hydrogen-bond acceptors (Lipinski definition) is 11. The summed E-state index contributed by atoms with van der Waals surface area (Å²) in [6.45, 7) is 8.13. The molecule has 2 aliphatic heterocycles. The molecule has 16 heteroatoms. The zero-order valence-corrected chi connectivity index (χ0v) is 38.0. The molecular formula is C46H63N5O9S2. The number of pyridine rings is 1. The number of fused-ring (bicyclic) bond motifs is 3. The van der Waals surface area contributed by atoms with E-state index in [2.05, 4.69) is 41.8 Å². The second-order valence-corrected chi connectivity index (χ2v) is 22.6. The lowest BCUT2D eigenvalue weighted by Gasteiger charge is -2.35. The van der Waals surface area contributed by atoms with Crippen LogP contribution in [0.2, 0.25) is 0 Å². The van der Waals surface area contributed by atoms with Crippen LogP contribution in [0.4, 0.5) is 4.79 Å². The standard InChI is InChI=1S/C46H63N5O9S2/c1-5-30-25-46(30,43(54)50-62(56,57)33-18-19-33)49-41(52)36-22-31-26-51(36)42(53)40(28-13-8-6-9-14-28)48-44(55)59-27-45(2,3)20-12-15-29-21-34-35(23-37(29)58-4)47-39(24-38(34)60-31)61-32-16-10-7-11-17-32/h5,21,23-24,28,30-33,36,40H,1,6-20,22,25-27H2,2-4H3,(H,48,55)(H,49,52)(H,50,54)/t30-,31+,36-,40-,46?/m0/s1. The van der Waals surface area contributed by atoms with Gasteiger partial charge in [-0.25, -0.2) is 18.2 Å². The Bertz CT molecular complexity index is 2170. The maximum Gasteiger partial charge on any atom is 0.407 e. The summed E-state index contributed by atoms with van der Waals surface area (Å²) in [5.74, 6) is -1.21. The first kappa shape index (κ1) is 44.6. The van der Waals surface area contributed by atoms with Gasteiger partial charge in [0.05, 0.1) is 31.0 Å². The molecule has 0 radical (unpaired) electrons. The maximum atomic E-state index is 15.1. The third-order valence-corrected chi connectivity index (χ3v) is 17.0. The molecule has 3 N–H and O–H groups in total. The highest BCUT2D eigenvalue weighted by Crippen LogP contribution is 2.46. The third-order valence-electron chi connectivity index (χ3n) is 13.9. The van der Waals surface area contributed by atoms with E-state index in [1.807, 2.05) is 12.1 Å². The number of nitrogens with zero attached hydrogens (tertiary/aromatic N) is 2. The summed E-state index contributed by atoms with van der Waals surface area (Å²) < 4.78 is 46.7. The number of thioether (sulfide) groups is 1. The van der Waals surface area contributed by atoms with E-state index in [0.29, 0.717) is 30.3 Å². The highest BCUT2D eigenvalue weighted by atomic mass is 32.2. The molecule has 8 rings (SSSR count). The fraction of sp³-hybridized carbons (Fsp3) is 0.674. The van der Waals surface area contributed by atoms with Gasteiger partial charge in [0.1, 0.15) is 40.3 Å². The summed E-state index contributed by atoms with van der Waals surface area (Å²) in [4.78, 5) is 63.8. The minimum Gasteiger partial charge on any atom is -0.496 e. The topological polar surface area (TPSA) is 182 Å². The normalized spacial score (nSPS) is 28.8. The zero-order valence-electron chi connectivity index (χ0n) is 36.4. The van der Waals surface area contributed by atoms with Gasteiger partial charge in [0, 0.05) is 35.1 Å². The van der Waals surface area contributed by atoms with Gasteiger partial charge >= 0.3 is 6.09 Å². The number of cyclic esters (lactones) is 1. The minimum atomic E-state index is -3.91. The summed E-state index contributed by atoms with van der Waals surface area (Å²) in [6.07, 6.45) is 13.7. The van der Waals surface area contributed by atoms with E-state index in [1.165, 1.54) is 24.2 Å². The first-order valence-corrected chi connectivity index (χ1v) is 25.2. The van der Waals surface area contributed by atoms with Crippen molar-refractivity contribution < 1.29 is 41.8 Å². The second kappa shape index (κ2) is 18.2. The number of aryl methyl sites for hydroxylation is 1. The fourth-order valence-corrected chi connectivity index (χ4v) is 12.6. The van der Waals surface area contributed by atoms with E-state index >= 15 is 4.79 Å². The number of carbonyl (C=O) groups excluding carboxylic acids is 4. The van der Waals surface area contributed by atoms with Crippen molar-refractivity contribution in [1.29, 1.82) is 0 Å². The lowest BCUT2D eigenvalue weighted by molar-refractivity contribution is -0.142.